The SMILES string of the molecule is C.CC(=O)NC1C(O)CC(OP(=O)([O-])OCC2OC(n3ccc(N)nc3=O)C(O)C2O)(C(=O)O)OC1C.CC1C(O)CC(OP(=O)([O-])OCC2OC(n3ccc(N)nc3=O)C(O)C2O)(C(=O)O)OC1C(O)C(O)CO. The zero-order valence-corrected chi connectivity index (χ0v) is 40.6. The van der Waals surface area contributed by atoms with Crippen molar-refractivity contribution in [3.05, 3.63) is 45.5 Å². The number of nitrogens with two attached hydrogens (primary N) is 2. The number of carboxylic acid groups (broad SMARTS) is 2. The normalized spacial score (nSPS) is 36.1. The molecular formula is C38H59N7O28P2-2. The molecule has 16 N–H and O–H groups in total. The molecule has 6 rings (SSSR count). The Hall–Kier alpha value is -4.53. The van der Waals surface area contributed by atoms with Crippen molar-refractivity contribution >= 4 is 45.1 Å². The first-order valence-electron chi connectivity index (χ1n) is 21.8. The highest BCUT2D eigenvalue weighted by Gasteiger charge is 2.57. The molecule has 0 radical (unpaired) electrons. The van der Waals surface area contributed by atoms with Crippen molar-refractivity contribution in [1.82, 2.24) is 24.4 Å². The molecule has 37 heteroatoms. The lowest BCUT2D eigenvalue weighted by Gasteiger charge is -2.46. The van der Waals surface area contributed by atoms with Crippen molar-refractivity contribution < 1.29 is 127 Å². The second kappa shape index (κ2) is 24.9. The number of carbonyl (C=O) groups is 3. The number of nitrogens with zero attached hydrogens (tertiary/aromatic N) is 4. The van der Waals surface area contributed by atoms with Gasteiger partial charge in [-0.05, 0) is 19.1 Å². The van der Waals surface area contributed by atoms with E-state index in [4.69, 9.17) is 40.0 Å². The third-order valence-electron chi connectivity index (χ3n) is 11.9. The molecule has 0 spiro atoms. The number of anilines is 2. The minimum absolute atomic E-state index is 0. The van der Waals surface area contributed by atoms with E-state index in [1.54, 1.807) is 0 Å². The number of ether oxygens (including phenoxy) is 4. The number of aliphatic carboxylic acids is 2. The number of amides is 1. The second-order valence-corrected chi connectivity index (χ2v) is 19.9. The van der Waals surface area contributed by atoms with Crippen LogP contribution in [0.25, 0.3) is 0 Å². The first kappa shape index (κ1) is 63.0. The summed E-state index contributed by atoms with van der Waals surface area (Å²) in [4.78, 5) is 91.2. The van der Waals surface area contributed by atoms with Crippen molar-refractivity contribution in [3.63, 3.8) is 0 Å². The van der Waals surface area contributed by atoms with Crippen LogP contribution in [0.1, 0.15) is 53.5 Å². The molecule has 0 saturated carbocycles. The van der Waals surface area contributed by atoms with Crippen LogP contribution >= 0.6 is 15.6 Å². The van der Waals surface area contributed by atoms with Crippen LogP contribution in [0, 0.1) is 5.92 Å². The van der Waals surface area contributed by atoms with Gasteiger partial charge in [-0.15, -0.1) is 0 Å². The highest BCUT2D eigenvalue weighted by Crippen LogP contribution is 2.50. The third kappa shape index (κ3) is 14.5. The standard InChI is InChI=1S/C19H30N3O15P.C18H27N4O13P.CH4/c1-7-8(24)4-19(17(29)30,36-15(7)12(26)9(25)5-23)37-38(32,33)34-6-10-13(27)14(28)16(35-10)22-3-2-11(20)21-18(22)31;1-7-12(20-8(2)23)9(24)5-18(34-7,16(27)28)35-36(30,31)32-6-10-13(25)14(26)15(33-10)22-4-3-11(19)21-17(22)29;/h2-3,7-10,12-16,23-28H,4-6H2,1H3,(H,29,30)(H,32,33)(H2,20,21,31);3-4,7,9-10,12-15,24-26H,5-6H2,1-2H3,(H,20,23)(H,27,28)(H,30,31)(H2,19,21,29);1H4/p-2. The fourth-order valence-electron chi connectivity index (χ4n) is 8.00. The topological polar surface area (TPSA) is 562 Å². The van der Waals surface area contributed by atoms with E-state index in [1.807, 2.05) is 0 Å². The van der Waals surface area contributed by atoms with Crippen molar-refractivity contribution in [2.45, 2.75) is 144 Å². The van der Waals surface area contributed by atoms with Gasteiger partial charge in [0.1, 0.15) is 60.5 Å². The molecule has 20 atom stereocenters. The number of carboxylic acids is 2. The maximum atomic E-state index is 12.6. The number of phosphoric ester groups is 2. The van der Waals surface area contributed by atoms with Crippen LogP contribution in [0.15, 0.2) is 34.1 Å². The molecule has 4 aliphatic heterocycles. The van der Waals surface area contributed by atoms with Crippen LogP contribution in [-0.2, 0) is 60.6 Å². The third-order valence-corrected chi connectivity index (χ3v) is 13.8. The van der Waals surface area contributed by atoms with E-state index in [-0.39, 0.29) is 19.1 Å². The van der Waals surface area contributed by atoms with E-state index in [9.17, 15) is 94.0 Å². The van der Waals surface area contributed by atoms with Crippen LogP contribution in [-0.4, -0.2) is 204 Å². The average Bonchev–Trinajstić information content (AvgIpc) is 3.74. The lowest BCUT2D eigenvalue weighted by Crippen LogP contribution is -2.63. The van der Waals surface area contributed by atoms with E-state index in [0.717, 1.165) is 28.5 Å². The van der Waals surface area contributed by atoms with E-state index in [2.05, 4.69) is 28.9 Å². The number of carbonyl (C=O) groups excluding carboxylic acids is 1. The molecule has 426 valence electrons. The molecule has 35 nitrogen and oxygen atoms in total. The number of hydrogen-bond acceptors (Lipinski definition) is 30. The molecule has 0 aliphatic carbocycles. The van der Waals surface area contributed by atoms with Crippen molar-refractivity contribution in [3.8, 4) is 0 Å². The Balaban J connectivity index is 0.000000321. The highest BCUT2D eigenvalue weighted by molar-refractivity contribution is 7.46. The van der Waals surface area contributed by atoms with E-state index < -0.39 is 187 Å². The zero-order valence-electron chi connectivity index (χ0n) is 38.8. The Morgan fingerprint density at radius 1 is 0.787 bits per heavy atom. The van der Waals surface area contributed by atoms with Gasteiger partial charge < -0.3 is 111 Å². The molecular weight excluding hydrogens is 1060 g/mol. The first-order valence-corrected chi connectivity index (χ1v) is 24.7. The second-order valence-electron chi connectivity index (χ2n) is 17.2. The fourth-order valence-corrected chi connectivity index (χ4v) is 9.87. The first-order chi connectivity index (χ1) is 34.3. The van der Waals surface area contributed by atoms with Gasteiger partial charge in [-0.1, -0.05) is 14.4 Å². The molecule has 4 aliphatic rings. The number of nitrogens with one attached hydrogen (secondary N) is 1. The smallest absolute Gasteiger partial charge is 0.364 e. The molecule has 2 aromatic heterocycles. The van der Waals surface area contributed by atoms with Crippen LogP contribution in [0.3, 0.4) is 0 Å². The van der Waals surface area contributed by atoms with Crippen molar-refractivity contribution in [2.24, 2.45) is 5.92 Å². The number of phosphoric acid groups is 2. The predicted octanol–water partition coefficient (Wildman–Crippen LogP) is -7.74. The van der Waals surface area contributed by atoms with Gasteiger partial charge in [0.05, 0.1) is 50.3 Å². The minimum atomic E-state index is -5.65. The summed E-state index contributed by atoms with van der Waals surface area (Å²) in [6.45, 7) is 0.855. The highest BCUT2D eigenvalue weighted by atomic mass is 31.2. The Morgan fingerprint density at radius 2 is 1.20 bits per heavy atom. The summed E-state index contributed by atoms with van der Waals surface area (Å²) in [7, 11) is -11.2. The summed E-state index contributed by atoms with van der Waals surface area (Å²) in [5, 5.41) is 112. The van der Waals surface area contributed by atoms with Gasteiger partial charge in [0.15, 0.2) is 12.5 Å². The van der Waals surface area contributed by atoms with Crippen LogP contribution < -0.4 is 38.0 Å². The van der Waals surface area contributed by atoms with Gasteiger partial charge >= 0.3 is 23.3 Å². The zero-order chi connectivity index (χ0) is 55.6. The monoisotopic (exact) mass is 1120 g/mol. The van der Waals surface area contributed by atoms with Crippen molar-refractivity contribution in [2.75, 3.05) is 31.3 Å². The fraction of sp³-hybridized carbons (Fsp3) is 0.711. The minimum Gasteiger partial charge on any atom is -0.756 e. The van der Waals surface area contributed by atoms with Crippen molar-refractivity contribution in [1.29, 1.82) is 0 Å². The summed E-state index contributed by atoms with van der Waals surface area (Å²) >= 11 is 0. The Labute approximate surface area is 422 Å². The molecule has 4 fully saturated rings. The summed E-state index contributed by atoms with van der Waals surface area (Å²) < 4.78 is 66.5. The van der Waals surface area contributed by atoms with Crippen LogP contribution in [0.2, 0.25) is 0 Å². The summed E-state index contributed by atoms with van der Waals surface area (Å²) in [6.07, 6.45) is -22.3. The Morgan fingerprint density at radius 3 is 1.57 bits per heavy atom. The number of aromatic nitrogens is 4. The van der Waals surface area contributed by atoms with E-state index in [0.29, 0.717) is 0 Å². The maximum absolute atomic E-state index is 12.6. The molecule has 2 aromatic rings. The summed E-state index contributed by atoms with van der Waals surface area (Å²) in [5.41, 5.74) is 8.96. The van der Waals surface area contributed by atoms with Gasteiger partial charge in [0.25, 0.3) is 27.2 Å². The average molecular weight is 1120 g/mol. The summed E-state index contributed by atoms with van der Waals surface area (Å²) in [6, 6.07) is 1.40. The van der Waals surface area contributed by atoms with Gasteiger partial charge in [-0.2, -0.15) is 9.97 Å². The van der Waals surface area contributed by atoms with E-state index in [1.165, 1.54) is 26.0 Å². The Bertz CT molecular complexity index is 2530. The lowest BCUT2D eigenvalue weighted by atomic mass is 9.85. The molecule has 6 heterocycles. The molecule has 0 aromatic carbocycles. The number of nitrogen functional groups attached to an aromatic ring is 2. The van der Waals surface area contributed by atoms with Crippen LogP contribution in [0.4, 0.5) is 11.6 Å². The van der Waals surface area contributed by atoms with Gasteiger partial charge in [-0.25, -0.2) is 19.2 Å². The van der Waals surface area contributed by atoms with Gasteiger partial charge in [0, 0.05) is 38.1 Å². The number of aliphatic hydroxyl groups excluding tert-OH is 9. The number of aliphatic hydroxyl groups is 9. The quantitative estimate of drug-likeness (QED) is 0.0617. The number of rotatable bonds is 18. The molecule has 4 saturated heterocycles. The largest absolute Gasteiger partial charge is 0.756 e. The maximum Gasteiger partial charge on any atom is 0.364 e. The molecule has 20 unspecified atom stereocenters. The van der Waals surface area contributed by atoms with Gasteiger partial charge in [0.2, 0.25) is 5.91 Å². The van der Waals surface area contributed by atoms with E-state index >= 15 is 0 Å². The van der Waals surface area contributed by atoms with Gasteiger partial charge in [-0.3, -0.25) is 32.1 Å². The Kier molecular flexibility index (Phi) is 20.9. The molecule has 0 bridgehead atoms. The molecule has 1 amide bonds. The van der Waals surface area contributed by atoms with Crippen LogP contribution in [0.5, 0.6) is 0 Å². The molecule has 75 heavy (non-hydrogen) atoms. The lowest BCUT2D eigenvalue weighted by molar-refractivity contribution is -0.318. The predicted molar refractivity (Wildman–Crippen MR) is 237 cm³/mol. The number of hydrogen-bond donors (Lipinski definition) is 14. The summed E-state index contributed by atoms with van der Waals surface area (Å²) in [5.74, 6) is -11.7.